The number of amides is 1. The highest BCUT2D eigenvalue weighted by molar-refractivity contribution is 5.85. The van der Waals surface area contributed by atoms with E-state index in [4.69, 9.17) is 18.9 Å². The molecule has 2 aromatic rings. The molecule has 0 spiro atoms. The van der Waals surface area contributed by atoms with E-state index in [0.717, 1.165) is 17.2 Å². The van der Waals surface area contributed by atoms with Gasteiger partial charge in [0.2, 0.25) is 0 Å². The normalized spacial score (nSPS) is 27.2. The Balaban J connectivity index is 1.61. The minimum absolute atomic E-state index is 0.137. The Morgan fingerprint density at radius 1 is 1.08 bits per heavy atom. The molecular formula is C28H35F2NO5. The van der Waals surface area contributed by atoms with E-state index in [1.165, 1.54) is 12.1 Å². The highest BCUT2D eigenvalue weighted by Crippen LogP contribution is 2.44. The van der Waals surface area contributed by atoms with Crippen molar-refractivity contribution in [1.82, 2.24) is 5.32 Å². The summed E-state index contributed by atoms with van der Waals surface area (Å²) in [5, 5.41) is 2.94. The van der Waals surface area contributed by atoms with Crippen molar-refractivity contribution >= 4 is 5.91 Å². The molecule has 1 aliphatic carbocycles. The van der Waals surface area contributed by atoms with Gasteiger partial charge in [0.05, 0.1) is 25.4 Å². The molecule has 1 aliphatic heterocycles. The van der Waals surface area contributed by atoms with Crippen LogP contribution in [0.5, 0.6) is 0 Å². The van der Waals surface area contributed by atoms with Crippen LogP contribution in [0.25, 0.3) is 0 Å². The van der Waals surface area contributed by atoms with Gasteiger partial charge >= 0.3 is 0 Å². The molecule has 196 valence electrons. The van der Waals surface area contributed by atoms with Gasteiger partial charge < -0.3 is 24.3 Å². The van der Waals surface area contributed by atoms with Crippen LogP contribution in [0, 0.1) is 18.6 Å². The molecule has 1 saturated carbocycles. The number of aryl methyl sites for hydroxylation is 1. The molecule has 0 unspecified atom stereocenters. The van der Waals surface area contributed by atoms with Crippen LogP contribution in [-0.2, 0) is 37.0 Å². The topological polar surface area (TPSA) is 66.0 Å². The van der Waals surface area contributed by atoms with E-state index in [2.05, 4.69) is 5.32 Å². The first-order chi connectivity index (χ1) is 17.0. The molecule has 0 aromatic heterocycles. The Bertz CT molecular complexity index is 1070. The van der Waals surface area contributed by atoms with Gasteiger partial charge in [0, 0.05) is 30.5 Å². The van der Waals surface area contributed by atoms with Gasteiger partial charge in [-0.3, -0.25) is 4.79 Å². The lowest BCUT2D eigenvalue weighted by Crippen LogP contribution is -2.60. The van der Waals surface area contributed by atoms with E-state index in [0.29, 0.717) is 6.61 Å². The Labute approximate surface area is 211 Å². The summed E-state index contributed by atoms with van der Waals surface area (Å²) >= 11 is 0. The number of rotatable bonds is 8. The lowest BCUT2D eigenvalue weighted by molar-refractivity contribution is -0.184. The average Bonchev–Trinajstić information content (AvgIpc) is 3.11. The summed E-state index contributed by atoms with van der Waals surface area (Å²) in [6.45, 7) is 9.52. The van der Waals surface area contributed by atoms with Gasteiger partial charge in [-0.05, 0) is 46.2 Å². The summed E-state index contributed by atoms with van der Waals surface area (Å²) in [7, 11) is 0. The SMILES string of the molecule is Cc1ccc(CO[C@H]2C[C@](OCc3ccc(F)cc3F)(C(=O)NC(C)C)C[C@H]3OC(C)(C)O[C@@H]23)cc1. The minimum Gasteiger partial charge on any atom is -0.371 e. The van der Waals surface area contributed by atoms with Gasteiger partial charge in [-0.25, -0.2) is 8.78 Å². The maximum Gasteiger partial charge on any atom is 0.252 e. The fourth-order valence-electron chi connectivity index (χ4n) is 4.84. The number of carbonyl (C=O) groups excluding carboxylic acids is 1. The van der Waals surface area contributed by atoms with Crippen LogP contribution in [-0.4, -0.2) is 41.6 Å². The third kappa shape index (κ3) is 6.11. The Morgan fingerprint density at radius 2 is 1.81 bits per heavy atom. The molecule has 1 saturated heterocycles. The van der Waals surface area contributed by atoms with E-state index in [9.17, 15) is 13.6 Å². The summed E-state index contributed by atoms with van der Waals surface area (Å²) in [5.41, 5.74) is 0.953. The van der Waals surface area contributed by atoms with Crippen LogP contribution in [0.1, 0.15) is 57.2 Å². The summed E-state index contributed by atoms with van der Waals surface area (Å²) in [6, 6.07) is 11.2. The second-order valence-corrected chi connectivity index (χ2v) is 10.5. The minimum atomic E-state index is -1.35. The van der Waals surface area contributed by atoms with Crippen LogP contribution >= 0.6 is 0 Å². The Morgan fingerprint density at radius 3 is 2.47 bits per heavy atom. The standard InChI is InChI=1S/C28H35F2NO5/c1-17(2)31-26(32)28(34-16-20-10-11-21(29)12-22(20)30)13-23(25-24(14-28)35-27(4,5)36-25)33-15-19-8-6-18(3)7-9-19/h6-12,17,23-25H,13-16H2,1-5H3,(H,31,32)/t23-,24+,25-,28+/m0/s1. The second-order valence-electron chi connectivity index (χ2n) is 10.5. The van der Waals surface area contributed by atoms with E-state index < -0.39 is 41.3 Å². The number of nitrogens with one attached hydrogen (secondary N) is 1. The predicted molar refractivity (Wildman–Crippen MR) is 130 cm³/mol. The van der Waals surface area contributed by atoms with E-state index in [1.807, 2.05) is 58.9 Å². The van der Waals surface area contributed by atoms with Crippen molar-refractivity contribution in [2.45, 2.75) is 96.4 Å². The summed E-state index contributed by atoms with van der Waals surface area (Å²) in [6.07, 6.45) is -0.958. The van der Waals surface area contributed by atoms with Crippen molar-refractivity contribution in [3.05, 3.63) is 70.8 Å². The summed E-state index contributed by atoms with van der Waals surface area (Å²) in [5.74, 6) is -2.58. The molecule has 0 radical (unpaired) electrons. The van der Waals surface area contributed by atoms with Crippen LogP contribution in [0.15, 0.2) is 42.5 Å². The lowest BCUT2D eigenvalue weighted by Gasteiger charge is -2.43. The average molecular weight is 504 g/mol. The molecule has 4 rings (SSSR count). The molecule has 4 atom stereocenters. The van der Waals surface area contributed by atoms with Crippen molar-refractivity contribution in [1.29, 1.82) is 0 Å². The third-order valence-electron chi connectivity index (χ3n) is 6.59. The Kier molecular flexibility index (Phi) is 7.80. The van der Waals surface area contributed by atoms with Crippen molar-refractivity contribution in [2.75, 3.05) is 0 Å². The van der Waals surface area contributed by atoms with Crippen LogP contribution in [0.2, 0.25) is 0 Å². The largest absolute Gasteiger partial charge is 0.371 e. The number of hydrogen-bond acceptors (Lipinski definition) is 5. The predicted octanol–water partition coefficient (Wildman–Crippen LogP) is 4.95. The zero-order chi connectivity index (χ0) is 26.1. The molecule has 2 fully saturated rings. The molecule has 6 nitrogen and oxygen atoms in total. The maximum absolute atomic E-state index is 14.4. The number of benzene rings is 2. The molecule has 1 amide bonds. The van der Waals surface area contributed by atoms with Crippen molar-refractivity contribution in [3.63, 3.8) is 0 Å². The van der Waals surface area contributed by atoms with Gasteiger partial charge in [-0.2, -0.15) is 0 Å². The fourth-order valence-corrected chi connectivity index (χ4v) is 4.84. The van der Waals surface area contributed by atoms with Gasteiger partial charge in [0.25, 0.3) is 5.91 Å². The molecule has 2 aliphatic rings. The van der Waals surface area contributed by atoms with E-state index in [1.54, 1.807) is 0 Å². The highest BCUT2D eigenvalue weighted by Gasteiger charge is 2.58. The van der Waals surface area contributed by atoms with Crippen molar-refractivity contribution < 1.29 is 32.5 Å². The monoisotopic (exact) mass is 503 g/mol. The van der Waals surface area contributed by atoms with Gasteiger partial charge in [-0.15, -0.1) is 0 Å². The van der Waals surface area contributed by atoms with Crippen molar-refractivity contribution in [3.8, 4) is 0 Å². The van der Waals surface area contributed by atoms with E-state index >= 15 is 0 Å². The molecule has 8 heteroatoms. The molecule has 2 aromatic carbocycles. The lowest BCUT2D eigenvalue weighted by atomic mass is 9.78. The van der Waals surface area contributed by atoms with Gasteiger partial charge in [-0.1, -0.05) is 35.9 Å². The summed E-state index contributed by atoms with van der Waals surface area (Å²) in [4.78, 5) is 13.6. The van der Waals surface area contributed by atoms with E-state index in [-0.39, 0.29) is 37.0 Å². The van der Waals surface area contributed by atoms with Crippen LogP contribution in [0.3, 0.4) is 0 Å². The highest BCUT2D eigenvalue weighted by atomic mass is 19.1. The summed E-state index contributed by atoms with van der Waals surface area (Å²) < 4.78 is 52.7. The number of hydrogen-bond donors (Lipinski definition) is 1. The zero-order valence-electron chi connectivity index (χ0n) is 21.5. The zero-order valence-corrected chi connectivity index (χ0v) is 21.5. The molecular weight excluding hydrogens is 468 g/mol. The van der Waals surface area contributed by atoms with Crippen LogP contribution < -0.4 is 5.32 Å². The molecule has 0 bridgehead atoms. The molecule has 36 heavy (non-hydrogen) atoms. The van der Waals surface area contributed by atoms with Gasteiger partial charge in [0.1, 0.15) is 17.7 Å². The second kappa shape index (κ2) is 10.5. The number of ether oxygens (including phenoxy) is 4. The first-order valence-corrected chi connectivity index (χ1v) is 12.4. The smallest absolute Gasteiger partial charge is 0.252 e. The first-order valence-electron chi connectivity index (χ1n) is 12.4. The van der Waals surface area contributed by atoms with Crippen molar-refractivity contribution in [2.24, 2.45) is 0 Å². The number of fused-ring (bicyclic) bond motifs is 1. The first kappa shape index (κ1) is 26.7. The van der Waals surface area contributed by atoms with Gasteiger partial charge in [0.15, 0.2) is 11.4 Å². The number of carbonyl (C=O) groups is 1. The maximum atomic E-state index is 14.4. The van der Waals surface area contributed by atoms with Crippen LogP contribution in [0.4, 0.5) is 8.78 Å². The quantitative estimate of drug-likeness (QED) is 0.552. The Hall–Kier alpha value is -2.39. The molecule has 1 N–H and O–H groups in total. The number of halogens is 2. The fraction of sp³-hybridized carbons (Fsp3) is 0.536. The third-order valence-corrected chi connectivity index (χ3v) is 6.59. The molecule has 1 heterocycles.